The highest BCUT2D eigenvalue weighted by Crippen LogP contribution is 2.26. The highest BCUT2D eigenvalue weighted by molar-refractivity contribution is 6.03. The Morgan fingerprint density at radius 1 is 1.22 bits per heavy atom. The van der Waals surface area contributed by atoms with Crippen LogP contribution >= 0.6 is 0 Å². The third kappa shape index (κ3) is 4.51. The molecule has 2 heterocycles. The van der Waals surface area contributed by atoms with Crippen molar-refractivity contribution < 1.29 is 18.8 Å². The third-order valence-corrected chi connectivity index (χ3v) is 5.99. The van der Waals surface area contributed by atoms with Gasteiger partial charge in [-0.25, -0.2) is 4.98 Å². The highest BCUT2D eigenvalue weighted by atomic mass is 16.3. The number of nitrogens with zero attached hydrogens (tertiary/aromatic N) is 3. The maximum Gasteiger partial charge on any atom is 0.293 e. The highest BCUT2D eigenvalue weighted by Gasteiger charge is 2.24. The Labute approximate surface area is 185 Å². The number of benzene rings is 1. The molecule has 0 spiro atoms. The number of nitrogens with two attached hydrogens (primary N) is 1. The van der Waals surface area contributed by atoms with Crippen LogP contribution in [0.4, 0.5) is 5.95 Å². The first-order valence-electron chi connectivity index (χ1n) is 10.8. The van der Waals surface area contributed by atoms with Crippen molar-refractivity contribution in [1.29, 1.82) is 0 Å². The number of imidazole rings is 1. The fourth-order valence-electron chi connectivity index (χ4n) is 4.22. The predicted octanol–water partition coefficient (Wildman–Crippen LogP) is 3.16. The van der Waals surface area contributed by atoms with Crippen LogP contribution in [0.3, 0.4) is 0 Å². The Bertz CT molecular complexity index is 1130. The first kappa shape index (κ1) is 21.6. The number of amides is 3. The summed E-state index contributed by atoms with van der Waals surface area (Å²) in [6, 6.07) is 8.68. The molecule has 0 radical (unpaired) electrons. The molecule has 1 aliphatic carbocycles. The number of fused-ring (bicyclic) bond motifs is 1. The van der Waals surface area contributed by atoms with Crippen LogP contribution in [0.15, 0.2) is 41.0 Å². The number of aryl methyl sites for hydroxylation is 1. The quantitative estimate of drug-likeness (QED) is 0.588. The summed E-state index contributed by atoms with van der Waals surface area (Å²) >= 11 is 0. The summed E-state index contributed by atoms with van der Waals surface area (Å²) in [5, 5.41) is 2.72. The molecule has 3 amide bonds. The molecule has 1 aliphatic rings. The molecule has 1 aromatic carbocycles. The van der Waals surface area contributed by atoms with Crippen molar-refractivity contribution in [2.45, 2.75) is 51.1 Å². The van der Waals surface area contributed by atoms with Gasteiger partial charge < -0.3 is 19.6 Å². The number of carbonyl (C=O) groups excluding carboxylic acids is 3. The van der Waals surface area contributed by atoms with Crippen molar-refractivity contribution in [1.82, 2.24) is 14.5 Å². The number of hydrogen-bond acceptors (Lipinski definition) is 5. The van der Waals surface area contributed by atoms with Gasteiger partial charge in [0.15, 0.2) is 5.76 Å². The van der Waals surface area contributed by atoms with E-state index in [1.807, 2.05) is 11.9 Å². The first-order chi connectivity index (χ1) is 15.4. The van der Waals surface area contributed by atoms with Gasteiger partial charge in [-0.15, -0.1) is 0 Å². The van der Waals surface area contributed by atoms with Crippen molar-refractivity contribution in [3.63, 3.8) is 0 Å². The van der Waals surface area contributed by atoms with E-state index in [-0.39, 0.29) is 36.6 Å². The smallest absolute Gasteiger partial charge is 0.293 e. The summed E-state index contributed by atoms with van der Waals surface area (Å²) < 4.78 is 6.85. The Balaban J connectivity index is 1.63. The molecule has 0 aliphatic heterocycles. The van der Waals surface area contributed by atoms with Gasteiger partial charge in [0.05, 0.1) is 17.3 Å². The van der Waals surface area contributed by atoms with E-state index >= 15 is 0 Å². The van der Waals surface area contributed by atoms with Crippen LogP contribution in [-0.4, -0.2) is 45.3 Å². The molecule has 0 unspecified atom stereocenters. The molecule has 9 heteroatoms. The van der Waals surface area contributed by atoms with Crippen LogP contribution in [0.2, 0.25) is 0 Å². The van der Waals surface area contributed by atoms with E-state index in [0.29, 0.717) is 16.6 Å². The Morgan fingerprint density at radius 3 is 2.69 bits per heavy atom. The molecular formula is C23H27N5O4. The van der Waals surface area contributed by atoms with E-state index in [2.05, 4.69) is 10.3 Å². The van der Waals surface area contributed by atoms with Gasteiger partial charge in [-0.2, -0.15) is 0 Å². The van der Waals surface area contributed by atoms with Crippen molar-refractivity contribution in [2.24, 2.45) is 5.73 Å². The Hall–Kier alpha value is -3.62. The molecular weight excluding hydrogens is 410 g/mol. The van der Waals surface area contributed by atoms with E-state index < -0.39 is 11.8 Å². The fraction of sp³-hybridized carbons (Fsp3) is 0.391. The first-order valence-corrected chi connectivity index (χ1v) is 10.8. The average molecular weight is 438 g/mol. The van der Waals surface area contributed by atoms with Crippen LogP contribution < -0.4 is 11.1 Å². The van der Waals surface area contributed by atoms with Crippen LogP contribution in [0.1, 0.15) is 59.4 Å². The van der Waals surface area contributed by atoms with Gasteiger partial charge in [-0.05, 0) is 43.2 Å². The third-order valence-electron chi connectivity index (χ3n) is 5.99. The maximum absolute atomic E-state index is 13.1. The molecule has 9 nitrogen and oxygen atoms in total. The Kier molecular flexibility index (Phi) is 6.25. The van der Waals surface area contributed by atoms with Crippen LogP contribution in [0.5, 0.6) is 0 Å². The normalized spacial score (nSPS) is 14.4. The molecule has 0 bridgehead atoms. The van der Waals surface area contributed by atoms with Crippen LogP contribution in [0.25, 0.3) is 11.0 Å². The minimum atomic E-state index is -0.462. The van der Waals surface area contributed by atoms with Gasteiger partial charge in [0.2, 0.25) is 11.9 Å². The lowest BCUT2D eigenvalue weighted by Gasteiger charge is -2.31. The zero-order valence-corrected chi connectivity index (χ0v) is 18.0. The van der Waals surface area contributed by atoms with Crippen molar-refractivity contribution >= 4 is 34.7 Å². The van der Waals surface area contributed by atoms with Gasteiger partial charge in [-0.1, -0.05) is 19.3 Å². The maximum atomic E-state index is 13.1. The molecule has 3 N–H and O–H groups in total. The molecule has 168 valence electrons. The second-order valence-electron chi connectivity index (χ2n) is 8.15. The lowest BCUT2D eigenvalue weighted by atomic mass is 9.94. The van der Waals surface area contributed by atoms with E-state index in [1.54, 1.807) is 34.9 Å². The summed E-state index contributed by atoms with van der Waals surface area (Å²) in [6.07, 6.45) is 7.05. The van der Waals surface area contributed by atoms with Crippen LogP contribution in [0, 0.1) is 0 Å². The van der Waals surface area contributed by atoms with Gasteiger partial charge in [0.1, 0.15) is 0 Å². The zero-order chi connectivity index (χ0) is 22.7. The molecule has 0 atom stereocenters. The SMILES string of the molecule is CN(C(=O)c1ccc2c(c1)nc(NC(=O)c1ccco1)n2CCC(N)=O)C1CCCCC1. The fourth-order valence-corrected chi connectivity index (χ4v) is 4.22. The number of furan rings is 1. The van der Waals surface area contributed by atoms with E-state index in [4.69, 9.17) is 10.2 Å². The number of anilines is 1. The number of nitrogens with one attached hydrogen (secondary N) is 1. The predicted molar refractivity (Wildman–Crippen MR) is 119 cm³/mol. The van der Waals surface area contributed by atoms with Crippen molar-refractivity contribution in [3.8, 4) is 0 Å². The molecule has 0 saturated heterocycles. The molecule has 32 heavy (non-hydrogen) atoms. The number of primary amides is 1. The number of aromatic nitrogens is 2. The number of rotatable bonds is 7. The van der Waals surface area contributed by atoms with Crippen LogP contribution in [-0.2, 0) is 11.3 Å². The average Bonchev–Trinajstić information content (AvgIpc) is 3.45. The summed E-state index contributed by atoms with van der Waals surface area (Å²) in [4.78, 5) is 43.2. The lowest BCUT2D eigenvalue weighted by molar-refractivity contribution is -0.118. The second-order valence-corrected chi connectivity index (χ2v) is 8.15. The Morgan fingerprint density at radius 2 is 2.00 bits per heavy atom. The summed E-state index contributed by atoms with van der Waals surface area (Å²) in [6.45, 7) is 0.245. The zero-order valence-electron chi connectivity index (χ0n) is 18.0. The van der Waals surface area contributed by atoms with Gasteiger partial charge >= 0.3 is 0 Å². The van der Waals surface area contributed by atoms with E-state index in [1.165, 1.54) is 12.7 Å². The molecule has 1 saturated carbocycles. The molecule has 2 aromatic heterocycles. The summed E-state index contributed by atoms with van der Waals surface area (Å²) in [7, 11) is 1.85. The largest absolute Gasteiger partial charge is 0.459 e. The minimum Gasteiger partial charge on any atom is -0.459 e. The van der Waals surface area contributed by atoms with Gasteiger partial charge in [0.25, 0.3) is 11.8 Å². The van der Waals surface area contributed by atoms with Gasteiger partial charge in [-0.3, -0.25) is 19.7 Å². The topological polar surface area (TPSA) is 123 Å². The number of hydrogen-bond donors (Lipinski definition) is 2. The second kappa shape index (κ2) is 9.25. The summed E-state index contributed by atoms with van der Waals surface area (Å²) in [5.74, 6) is -0.571. The number of carbonyl (C=O) groups is 3. The monoisotopic (exact) mass is 437 g/mol. The minimum absolute atomic E-state index is 0.0494. The molecule has 1 fully saturated rings. The summed E-state index contributed by atoms with van der Waals surface area (Å²) in [5.41, 5.74) is 7.10. The van der Waals surface area contributed by atoms with Crippen molar-refractivity contribution in [3.05, 3.63) is 47.9 Å². The molecule has 4 rings (SSSR count). The van der Waals surface area contributed by atoms with E-state index in [9.17, 15) is 14.4 Å². The van der Waals surface area contributed by atoms with Crippen molar-refractivity contribution in [2.75, 3.05) is 12.4 Å². The standard InChI is InChI=1S/C23H27N5O4/c1-27(16-6-3-2-4-7-16)22(31)15-9-10-18-17(14-15)25-23(28(18)12-11-20(24)29)26-21(30)19-8-5-13-32-19/h5,8-10,13-14,16H,2-4,6-7,11-12H2,1H3,(H2,24,29)(H,25,26,30). The van der Waals surface area contributed by atoms with Gasteiger partial charge in [0, 0.05) is 31.6 Å². The van der Waals surface area contributed by atoms with E-state index in [0.717, 1.165) is 25.7 Å². The molecule has 3 aromatic rings. The lowest BCUT2D eigenvalue weighted by Crippen LogP contribution is -2.38.